The summed E-state index contributed by atoms with van der Waals surface area (Å²) in [6.45, 7) is 1.88. The zero-order valence-electron chi connectivity index (χ0n) is 9.71. The van der Waals surface area contributed by atoms with E-state index < -0.39 is 11.7 Å². The van der Waals surface area contributed by atoms with E-state index in [1.807, 2.05) is 25.1 Å². The van der Waals surface area contributed by atoms with E-state index in [4.69, 9.17) is 0 Å². The molecule has 2 aromatic carbocycles. The van der Waals surface area contributed by atoms with Crippen molar-refractivity contribution in [3.63, 3.8) is 0 Å². The van der Waals surface area contributed by atoms with Crippen LogP contribution >= 0.6 is 15.9 Å². The molecule has 0 bridgehead atoms. The van der Waals surface area contributed by atoms with E-state index in [0.29, 0.717) is 10.2 Å². The van der Waals surface area contributed by atoms with Gasteiger partial charge in [-0.25, -0.2) is 4.39 Å². The van der Waals surface area contributed by atoms with Crippen molar-refractivity contribution < 1.29 is 9.18 Å². The number of carbonyl (C=O) groups is 1. The predicted molar refractivity (Wildman–Crippen MR) is 73.2 cm³/mol. The van der Waals surface area contributed by atoms with Crippen molar-refractivity contribution in [1.29, 1.82) is 0 Å². The van der Waals surface area contributed by atoms with Crippen LogP contribution < -0.4 is 5.32 Å². The average molecular weight is 308 g/mol. The van der Waals surface area contributed by atoms with Crippen molar-refractivity contribution in [3.8, 4) is 0 Å². The molecule has 0 unspecified atom stereocenters. The molecular formula is C14H11BrFNO. The van der Waals surface area contributed by atoms with E-state index in [1.54, 1.807) is 18.2 Å². The molecule has 4 heteroatoms. The van der Waals surface area contributed by atoms with Gasteiger partial charge < -0.3 is 5.32 Å². The molecule has 0 atom stereocenters. The van der Waals surface area contributed by atoms with Gasteiger partial charge in [-0.05, 0) is 46.6 Å². The predicted octanol–water partition coefficient (Wildman–Crippen LogP) is 4.15. The highest BCUT2D eigenvalue weighted by Gasteiger charge is 2.15. The van der Waals surface area contributed by atoms with E-state index in [-0.39, 0.29) is 5.56 Å². The molecule has 0 saturated heterocycles. The summed E-state index contributed by atoms with van der Waals surface area (Å²) >= 11 is 3.18. The van der Waals surface area contributed by atoms with Gasteiger partial charge >= 0.3 is 0 Å². The molecule has 1 amide bonds. The Morgan fingerprint density at radius 1 is 1.17 bits per heavy atom. The fourth-order valence-corrected chi connectivity index (χ4v) is 2.13. The first-order valence-corrected chi connectivity index (χ1v) is 6.20. The van der Waals surface area contributed by atoms with E-state index in [0.717, 1.165) is 5.56 Å². The van der Waals surface area contributed by atoms with Gasteiger partial charge in [0.1, 0.15) is 5.82 Å². The fourth-order valence-electron chi connectivity index (χ4n) is 1.61. The molecule has 0 aliphatic carbocycles. The first kappa shape index (κ1) is 12.8. The monoisotopic (exact) mass is 307 g/mol. The maximum absolute atomic E-state index is 13.6. The number of benzene rings is 2. The SMILES string of the molecule is Cc1ccccc1NC(=O)c1c(F)cccc1Br. The third-order valence-corrected chi connectivity index (χ3v) is 3.24. The van der Waals surface area contributed by atoms with Crippen molar-refractivity contribution in [3.05, 3.63) is 63.9 Å². The third-order valence-electron chi connectivity index (χ3n) is 2.58. The number of carbonyl (C=O) groups excluding carboxylic acids is 1. The van der Waals surface area contributed by atoms with E-state index in [9.17, 15) is 9.18 Å². The van der Waals surface area contributed by atoms with Crippen molar-refractivity contribution in [1.82, 2.24) is 0 Å². The summed E-state index contributed by atoms with van der Waals surface area (Å²) < 4.78 is 14.1. The molecule has 0 heterocycles. The highest BCUT2D eigenvalue weighted by atomic mass is 79.9. The second kappa shape index (κ2) is 5.31. The lowest BCUT2D eigenvalue weighted by Gasteiger charge is -2.09. The van der Waals surface area contributed by atoms with Crippen LogP contribution in [0, 0.1) is 12.7 Å². The second-order valence-corrected chi connectivity index (χ2v) is 4.72. The number of anilines is 1. The minimum Gasteiger partial charge on any atom is -0.322 e. The minimum absolute atomic E-state index is 0.0146. The molecule has 0 aliphatic rings. The van der Waals surface area contributed by atoms with Gasteiger partial charge in [-0.2, -0.15) is 0 Å². The van der Waals surface area contributed by atoms with Crippen LogP contribution in [0.4, 0.5) is 10.1 Å². The first-order valence-electron chi connectivity index (χ1n) is 5.40. The Balaban J connectivity index is 2.31. The van der Waals surface area contributed by atoms with E-state index in [1.165, 1.54) is 6.07 Å². The van der Waals surface area contributed by atoms with Crippen molar-refractivity contribution in [2.24, 2.45) is 0 Å². The second-order valence-electron chi connectivity index (χ2n) is 3.87. The molecule has 18 heavy (non-hydrogen) atoms. The maximum Gasteiger partial charge on any atom is 0.259 e. The molecule has 0 aromatic heterocycles. The summed E-state index contributed by atoms with van der Waals surface area (Å²) in [4.78, 5) is 12.0. The van der Waals surface area contributed by atoms with Gasteiger partial charge in [-0.3, -0.25) is 4.79 Å². The molecule has 2 nitrogen and oxygen atoms in total. The van der Waals surface area contributed by atoms with Gasteiger partial charge in [-0.1, -0.05) is 24.3 Å². The standard InChI is InChI=1S/C14H11BrFNO/c1-9-5-2-3-8-12(9)17-14(18)13-10(15)6-4-7-11(13)16/h2-8H,1H3,(H,17,18). The third kappa shape index (κ3) is 2.59. The summed E-state index contributed by atoms with van der Waals surface area (Å²) in [6, 6.07) is 11.8. The summed E-state index contributed by atoms with van der Waals surface area (Å²) in [5, 5.41) is 2.70. The Morgan fingerprint density at radius 2 is 1.89 bits per heavy atom. The highest BCUT2D eigenvalue weighted by Crippen LogP contribution is 2.22. The highest BCUT2D eigenvalue weighted by molar-refractivity contribution is 9.10. The van der Waals surface area contributed by atoms with Crippen molar-refractivity contribution >= 4 is 27.5 Å². The Bertz CT molecular complexity index is 578. The molecule has 0 radical (unpaired) electrons. The zero-order valence-corrected chi connectivity index (χ0v) is 11.3. The molecule has 0 fully saturated rings. The van der Waals surface area contributed by atoms with E-state index in [2.05, 4.69) is 21.2 Å². The quantitative estimate of drug-likeness (QED) is 0.887. The number of hydrogen-bond acceptors (Lipinski definition) is 1. The Kier molecular flexibility index (Phi) is 3.77. The number of hydrogen-bond donors (Lipinski definition) is 1. The molecule has 0 aliphatic heterocycles. The Hall–Kier alpha value is -1.68. The molecule has 2 aromatic rings. The maximum atomic E-state index is 13.6. The smallest absolute Gasteiger partial charge is 0.259 e. The first-order chi connectivity index (χ1) is 8.59. The summed E-state index contributed by atoms with van der Waals surface area (Å²) in [7, 11) is 0. The van der Waals surface area contributed by atoms with Crippen molar-refractivity contribution in [2.45, 2.75) is 6.92 Å². The summed E-state index contributed by atoms with van der Waals surface area (Å²) in [5.41, 5.74) is 1.62. The molecular weight excluding hydrogens is 297 g/mol. The van der Waals surface area contributed by atoms with Gasteiger partial charge in [0.25, 0.3) is 5.91 Å². The molecule has 92 valence electrons. The van der Waals surface area contributed by atoms with Crippen LogP contribution in [-0.4, -0.2) is 5.91 Å². The number of halogens is 2. The summed E-state index contributed by atoms with van der Waals surface area (Å²) in [6.07, 6.45) is 0. The summed E-state index contributed by atoms with van der Waals surface area (Å²) in [5.74, 6) is -1.01. The molecule has 0 spiro atoms. The topological polar surface area (TPSA) is 29.1 Å². The zero-order chi connectivity index (χ0) is 13.1. The Labute approximate surface area is 113 Å². The van der Waals surface area contributed by atoms with Gasteiger partial charge in [0.15, 0.2) is 0 Å². The number of nitrogens with one attached hydrogen (secondary N) is 1. The van der Waals surface area contributed by atoms with E-state index >= 15 is 0 Å². The molecule has 2 rings (SSSR count). The van der Waals surface area contributed by atoms with Crippen LogP contribution in [0.25, 0.3) is 0 Å². The minimum atomic E-state index is -0.546. The van der Waals surface area contributed by atoms with Gasteiger partial charge in [0, 0.05) is 10.2 Å². The van der Waals surface area contributed by atoms with Crippen LogP contribution in [0.1, 0.15) is 15.9 Å². The molecule has 0 saturated carbocycles. The van der Waals surface area contributed by atoms with Crippen LogP contribution in [-0.2, 0) is 0 Å². The van der Waals surface area contributed by atoms with Gasteiger partial charge in [-0.15, -0.1) is 0 Å². The van der Waals surface area contributed by atoms with Crippen LogP contribution in [0.3, 0.4) is 0 Å². The molecule has 1 N–H and O–H groups in total. The lowest BCUT2D eigenvalue weighted by molar-refractivity contribution is 0.102. The van der Waals surface area contributed by atoms with Crippen LogP contribution in [0.5, 0.6) is 0 Å². The number of rotatable bonds is 2. The number of para-hydroxylation sites is 1. The van der Waals surface area contributed by atoms with Gasteiger partial charge in [0.05, 0.1) is 5.56 Å². The lowest BCUT2D eigenvalue weighted by Crippen LogP contribution is -2.15. The lowest BCUT2D eigenvalue weighted by atomic mass is 10.1. The fraction of sp³-hybridized carbons (Fsp3) is 0.0714. The van der Waals surface area contributed by atoms with Crippen LogP contribution in [0.2, 0.25) is 0 Å². The Morgan fingerprint density at radius 3 is 2.56 bits per heavy atom. The normalized spacial score (nSPS) is 10.2. The number of aryl methyl sites for hydroxylation is 1. The van der Waals surface area contributed by atoms with Crippen LogP contribution in [0.15, 0.2) is 46.9 Å². The van der Waals surface area contributed by atoms with Gasteiger partial charge in [0.2, 0.25) is 0 Å². The van der Waals surface area contributed by atoms with Crippen molar-refractivity contribution in [2.75, 3.05) is 5.32 Å². The largest absolute Gasteiger partial charge is 0.322 e. The average Bonchev–Trinajstić information content (AvgIpc) is 2.32. The number of amides is 1.